The lowest BCUT2D eigenvalue weighted by Crippen LogP contribution is -2.36. The summed E-state index contributed by atoms with van der Waals surface area (Å²) in [7, 11) is 0. The molecule has 2 aromatic heterocycles. The Morgan fingerprint density at radius 3 is 2.69 bits per heavy atom. The number of nitrogens with zero attached hydrogens (tertiary/aromatic N) is 3. The molecular weight excluding hydrogens is 406 g/mol. The second kappa shape index (κ2) is 10.1. The molecule has 3 N–H and O–H groups in total. The Morgan fingerprint density at radius 2 is 2.00 bits per heavy atom. The van der Waals surface area contributed by atoms with Gasteiger partial charge in [0.1, 0.15) is 0 Å². The largest absolute Gasteiger partial charge is 0.391 e. The predicted molar refractivity (Wildman–Crippen MR) is 123 cm³/mol. The summed E-state index contributed by atoms with van der Waals surface area (Å²) in [5.74, 6) is -0.168. The van der Waals surface area contributed by atoms with Crippen molar-refractivity contribution in [1.29, 1.82) is 0 Å². The minimum atomic E-state index is -0.718. The van der Waals surface area contributed by atoms with E-state index in [9.17, 15) is 9.90 Å². The number of aryl methyl sites for hydroxylation is 1. The number of carbonyl (C=O) groups is 1. The smallest absolute Gasteiger partial charge is 0.225 e. The molecule has 0 radical (unpaired) electrons. The van der Waals surface area contributed by atoms with Crippen LogP contribution in [0.25, 0.3) is 11.0 Å². The molecule has 1 amide bonds. The lowest BCUT2D eigenvalue weighted by molar-refractivity contribution is -0.122. The summed E-state index contributed by atoms with van der Waals surface area (Å²) >= 11 is 0. The minimum Gasteiger partial charge on any atom is -0.391 e. The average Bonchev–Trinajstić information content (AvgIpc) is 3.23. The van der Waals surface area contributed by atoms with Gasteiger partial charge >= 0.3 is 0 Å². The van der Waals surface area contributed by atoms with Crippen molar-refractivity contribution in [2.45, 2.75) is 57.8 Å². The van der Waals surface area contributed by atoms with Gasteiger partial charge in [-0.25, -0.2) is 9.67 Å². The summed E-state index contributed by atoms with van der Waals surface area (Å²) < 4.78 is 7.35. The maximum absolute atomic E-state index is 13.0. The zero-order chi connectivity index (χ0) is 22.5. The number of pyridine rings is 1. The van der Waals surface area contributed by atoms with Crippen LogP contribution in [0.2, 0.25) is 0 Å². The van der Waals surface area contributed by atoms with Crippen molar-refractivity contribution in [1.82, 2.24) is 20.1 Å². The highest BCUT2D eigenvalue weighted by atomic mass is 16.5. The Labute approximate surface area is 188 Å². The number of benzene rings is 1. The highest BCUT2D eigenvalue weighted by Crippen LogP contribution is 2.29. The first-order valence-corrected chi connectivity index (χ1v) is 11.3. The molecule has 0 unspecified atom stereocenters. The summed E-state index contributed by atoms with van der Waals surface area (Å²) in [5.41, 5.74) is 3.39. The van der Waals surface area contributed by atoms with Crippen LogP contribution in [0.15, 0.2) is 42.7 Å². The molecule has 1 fully saturated rings. The quantitative estimate of drug-likeness (QED) is 0.501. The number of anilines is 1. The molecule has 3 aromatic rings. The van der Waals surface area contributed by atoms with Gasteiger partial charge in [-0.15, -0.1) is 0 Å². The molecule has 32 heavy (non-hydrogen) atoms. The molecule has 4 rings (SSSR count). The molecule has 1 aromatic carbocycles. The van der Waals surface area contributed by atoms with E-state index in [0.717, 1.165) is 60.4 Å². The third-order valence-electron chi connectivity index (χ3n) is 5.92. The van der Waals surface area contributed by atoms with Crippen LogP contribution in [-0.4, -0.2) is 51.1 Å². The van der Waals surface area contributed by atoms with Crippen LogP contribution in [0.3, 0.4) is 0 Å². The Kier molecular flexibility index (Phi) is 7.02. The maximum Gasteiger partial charge on any atom is 0.225 e. The van der Waals surface area contributed by atoms with Crippen LogP contribution in [0.4, 0.5) is 5.69 Å². The number of nitrogens with one attached hydrogen (secondary N) is 2. The van der Waals surface area contributed by atoms with Gasteiger partial charge in [0.15, 0.2) is 5.65 Å². The molecule has 8 heteroatoms. The summed E-state index contributed by atoms with van der Waals surface area (Å²) in [6.07, 6.45) is 4.84. The number of fused-ring (bicyclic) bond motifs is 1. The number of carbonyl (C=O) groups excluding carboxylic acids is 1. The molecule has 170 valence electrons. The van der Waals surface area contributed by atoms with E-state index in [4.69, 9.17) is 4.74 Å². The van der Waals surface area contributed by atoms with Crippen molar-refractivity contribution in [3.05, 3.63) is 53.9 Å². The first-order valence-electron chi connectivity index (χ1n) is 11.3. The van der Waals surface area contributed by atoms with E-state index in [1.807, 2.05) is 48.1 Å². The van der Waals surface area contributed by atoms with Crippen LogP contribution in [0.1, 0.15) is 43.9 Å². The Morgan fingerprint density at radius 1 is 1.25 bits per heavy atom. The third-order valence-corrected chi connectivity index (χ3v) is 5.92. The van der Waals surface area contributed by atoms with E-state index >= 15 is 0 Å². The Balaban J connectivity index is 1.59. The van der Waals surface area contributed by atoms with Crippen LogP contribution in [0, 0.1) is 0 Å². The number of hydrogen-bond donors (Lipinski definition) is 3. The van der Waals surface area contributed by atoms with Crippen molar-refractivity contribution >= 4 is 22.6 Å². The fraction of sp³-hybridized carbons (Fsp3) is 0.458. The SMILES string of the molecule is CCn1ncc2c(NC3CCOCC3)c(CC(=O)N[C@@H](c3ccccc3)[C@@H](C)O)cnc21. The van der Waals surface area contributed by atoms with Crippen molar-refractivity contribution in [2.24, 2.45) is 0 Å². The first-order chi connectivity index (χ1) is 15.6. The topological polar surface area (TPSA) is 101 Å². The van der Waals surface area contributed by atoms with Crippen LogP contribution >= 0.6 is 0 Å². The van der Waals surface area contributed by atoms with E-state index in [1.165, 1.54) is 0 Å². The lowest BCUT2D eigenvalue weighted by atomic mass is 10.0. The summed E-state index contributed by atoms with van der Waals surface area (Å²) in [6.45, 7) is 5.88. The molecule has 1 saturated heterocycles. The zero-order valence-electron chi connectivity index (χ0n) is 18.6. The number of aliphatic hydroxyl groups is 1. The second-order valence-electron chi connectivity index (χ2n) is 8.26. The van der Waals surface area contributed by atoms with Crippen LogP contribution in [0.5, 0.6) is 0 Å². The summed E-state index contributed by atoms with van der Waals surface area (Å²) in [6, 6.07) is 9.32. The molecule has 2 atom stereocenters. The van der Waals surface area contributed by atoms with Gasteiger partial charge in [0.25, 0.3) is 0 Å². The average molecular weight is 438 g/mol. The fourth-order valence-corrected chi connectivity index (χ4v) is 4.19. The zero-order valence-corrected chi connectivity index (χ0v) is 18.6. The number of aromatic nitrogens is 3. The van der Waals surface area contributed by atoms with Gasteiger partial charge < -0.3 is 20.5 Å². The molecule has 8 nitrogen and oxygen atoms in total. The second-order valence-corrected chi connectivity index (χ2v) is 8.26. The van der Waals surface area contributed by atoms with Gasteiger partial charge in [-0.05, 0) is 32.3 Å². The highest BCUT2D eigenvalue weighted by molar-refractivity contribution is 5.93. The van der Waals surface area contributed by atoms with Gasteiger partial charge in [-0.2, -0.15) is 5.10 Å². The predicted octanol–water partition coefficient (Wildman–Crippen LogP) is 2.82. The van der Waals surface area contributed by atoms with E-state index in [1.54, 1.807) is 13.1 Å². The molecule has 0 saturated carbocycles. The van der Waals surface area contributed by atoms with E-state index in [2.05, 4.69) is 20.7 Å². The molecular formula is C24H31N5O3. The number of rotatable bonds is 8. The Bertz CT molecular complexity index is 1040. The van der Waals surface area contributed by atoms with Crippen LogP contribution < -0.4 is 10.6 Å². The minimum absolute atomic E-state index is 0.155. The standard InChI is InChI=1S/C24H31N5O3/c1-3-29-24-20(15-26-29)23(27-19-9-11-32-12-10-19)18(14-25-24)13-21(31)28-22(16(2)30)17-7-5-4-6-8-17/h4-8,14-16,19,22,30H,3,9-13H2,1-2H3,(H,25,27)(H,28,31)/t16-,22-/m1/s1. The van der Waals surface area contributed by atoms with Crippen molar-refractivity contribution in [2.75, 3.05) is 18.5 Å². The van der Waals surface area contributed by atoms with E-state index in [0.29, 0.717) is 0 Å². The van der Waals surface area contributed by atoms with E-state index in [-0.39, 0.29) is 18.4 Å². The van der Waals surface area contributed by atoms with Crippen molar-refractivity contribution in [3.63, 3.8) is 0 Å². The van der Waals surface area contributed by atoms with Crippen molar-refractivity contribution < 1.29 is 14.6 Å². The number of ether oxygens (including phenoxy) is 1. The first kappa shape index (κ1) is 22.2. The maximum atomic E-state index is 13.0. The summed E-state index contributed by atoms with van der Waals surface area (Å²) in [5, 5.41) is 22.3. The molecule has 1 aliphatic rings. The molecule has 3 heterocycles. The Hall–Kier alpha value is -2.97. The number of hydrogen-bond acceptors (Lipinski definition) is 6. The normalized spacial score (nSPS) is 16.6. The summed E-state index contributed by atoms with van der Waals surface area (Å²) in [4.78, 5) is 17.6. The lowest BCUT2D eigenvalue weighted by Gasteiger charge is -2.26. The van der Waals surface area contributed by atoms with Gasteiger partial charge in [0.05, 0.1) is 35.8 Å². The van der Waals surface area contributed by atoms with Crippen LogP contribution in [-0.2, 0) is 22.5 Å². The van der Waals surface area contributed by atoms with Gasteiger partial charge in [0.2, 0.25) is 5.91 Å². The fourth-order valence-electron chi connectivity index (χ4n) is 4.19. The number of amides is 1. The molecule has 0 spiro atoms. The molecule has 0 bridgehead atoms. The van der Waals surface area contributed by atoms with Gasteiger partial charge in [-0.3, -0.25) is 4.79 Å². The molecule has 0 aliphatic carbocycles. The van der Waals surface area contributed by atoms with Gasteiger partial charge in [0, 0.05) is 37.6 Å². The third kappa shape index (κ3) is 4.92. The monoisotopic (exact) mass is 437 g/mol. The highest BCUT2D eigenvalue weighted by Gasteiger charge is 2.23. The number of aliphatic hydroxyl groups excluding tert-OH is 1. The van der Waals surface area contributed by atoms with E-state index < -0.39 is 12.1 Å². The van der Waals surface area contributed by atoms with Gasteiger partial charge in [-0.1, -0.05) is 30.3 Å². The molecule has 1 aliphatic heterocycles. The van der Waals surface area contributed by atoms with Crippen molar-refractivity contribution in [3.8, 4) is 0 Å².